The predicted octanol–water partition coefficient (Wildman–Crippen LogP) is 2.36. The Morgan fingerprint density at radius 2 is 2.28 bits per heavy atom. The molecule has 6 heteroatoms. The largest absolute Gasteiger partial charge is 0.368 e. The number of anilines is 2. The van der Waals surface area contributed by atoms with Crippen molar-refractivity contribution in [3.63, 3.8) is 0 Å². The second-order valence-electron chi connectivity index (χ2n) is 4.07. The summed E-state index contributed by atoms with van der Waals surface area (Å²) in [5, 5.41) is 6.66. The van der Waals surface area contributed by atoms with Gasteiger partial charge < -0.3 is 15.6 Å². The van der Waals surface area contributed by atoms with Crippen LogP contribution < -0.4 is 11.1 Å². The van der Waals surface area contributed by atoms with Gasteiger partial charge in [0.1, 0.15) is 5.69 Å². The number of carbonyl (C=O) groups is 1. The minimum Gasteiger partial charge on any atom is -0.368 e. The maximum absolute atomic E-state index is 11.6. The van der Waals surface area contributed by atoms with Crippen LogP contribution in [0.5, 0.6) is 0 Å². The Labute approximate surface area is 108 Å². The van der Waals surface area contributed by atoms with Crippen LogP contribution in [0, 0.1) is 0 Å². The first-order chi connectivity index (χ1) is 8.63. The number of carbonyl (C=O) groups excluding carboxylic acids is 1. The first-order valence-electron chi connectivity index (χ1n) is 5.47. The molecule has 5 nitrogen and oxygen atoms in total. The topological polar surface area (TPSA) is 81.2 Å². The quantitative estimate of drug-likeness (QED) is 0.823. The SMILES string of the molecule is CC1Sc2ccc(-c3cc(N)on3)cc2NC1=O. The van der Waals surface area contributed by atoms with E-state index >= 15 is 0 Å². The Morgan fingerprint density at radius 1 is 1.44 bits per heavy atom. The van der Waals surface area contributed by atoms with E-state index in [1.54, 1.807) is 17.8 Å². The smallest absolute Gasteiger partial charge is 0.237 e. The fourth-order valence-corrected chi connectivity index (χ4v) is 2.72. The highest BCUT2D eigenvalue weighted by Crippen LogP contribution is 2.37. The Hall–Kier alpha value is -1.95. The number of nitrogens with one attached hydrogen (secondary N) is 1. The van der Waals surface area contributed by atoms with Crippen molar-refractivity contribution in [2.45, 2.75) is 17.1 Å². The molecule has 1 aromatic heterocycles. The fraction of sp³-hybridized carbons (Fsp3) is 0.167. The summed E-state index contributed by atoms with van der Waals surface area (Å²) in [4.78, 5) is 12.7. The Bertz CT molecular complexity index is 624. The lowest BCUT2D eigenvalue weighted by molar-refractivity contribution is -0.115. The molecule has 1 aliphatic heterocycles. The van der Waals surface area contributed by atoms with Crippen LogP contribution in [0.2, 0.25) is 0 Å². The van der Waals surface area contributed by atoms with E-state index in [2.05, 4.69) is 10.5 Å². The van der Waals surface area contributed by atoms with E-state index in [9.17, 15) is 4.79 Å². The summed E-state index contributed by atoms with van der Waals surface area (Å²) >= 11 is 1.55. The van der Waals surface area contributed by atoms with Gasteiger partial charge >= 0.3 is 0 Å². The number of benzene rings is 1. The molecule has 0 fully saturated rings. The number of aromatic nitrogens is 1. The van der Waals surface area contributed by atoms with Gasteiger partial charge in [-0.1, -0.05) is 11.2 Å². The molecule has 1 aromatic carbocycles. The van der Waals surface area contributed by atoms with Crippen LogP contribution in [0.3, 0.4) is 0 Å². The molecule has 0 radical (unpaired) electrons. The van der Waals surface area contributed by atoms with E-state index in [-0.39, 0.29) is 17.0 Å². The molecular weight excluding hydrogens is 250 g/mol. The fourth-order valence-electron chi connectivity index (χ4n) is 1.79. The van der Waals surface area contributed by atoms with Gasteiger partial charge in [-0.05, 0) is 19.1 Å². The van der Waals surface area contributed by atoms with Crippen LogP contribution in [0.15, 0.2) is 33.7 Å². The van der Waals surface area contributed by atoms with E-state index in [0.29, 0.717) is 5.69 Å². The van der Waals surface area contributed by atoms with Crippen molar-refractivity contribution in [1.82, 2.24) is 5.16 Å². The Morgan fingerprint density at radius 3 is 3.00 bits per heavy atom. The lowest BCUT2D eigenvalue weighted by Crippen LogP contribution is -2.26. The van der Waals surface area contributed by atoms with Gasteiger partial charge in [0.15, 0.2) is 0 Å². The number of nitrogens with two attached hydrogens (primary N) is 1. The molecule has 0 spiro atoms. The van der Waals surface area contributed by atoms with Crippen molar-refractivity contribution in [3.8, 4) is 11.3 Å². The van der Waals surface area contributed by atoms with Crippen LogP contribution in [0.25, 0.3) is 11.3 Å². The molecule has 2 aromatic rings. The van der Waals surface area contributed by atoms with Crippen molar-refractivity contribution >= 4 is 29.2 Å². The van der Waals surface area contributed by atoms with E-state index in [1.807, 2.05) is 25.1 Å². The average molecular weight is 261 g/mol. The number of hydrogen-bond donors (Lipinski definition) is 2. The van der Waals surface area contributed by atoms with Gasteiger partial charge in [-0.3, -0.25) is 4.79 Å². The summed E-state index contributed by atoms with van der Waals surface area (Å²) in [7, 11) is 0. The monoisotopic (exact) mass is 261 g/mol. The summed E-state index contributed by atoms with van der Waals surface area (Å²) in [6.07, 6.45) is 0. The third-order valence-corrected chi connectivity index (χ3v) is 3.91. The zero-order valence-electron chi connectivity index (χ0n) is 9.64. The van der Waals surface area contributed by atoms with Gasteiger partial charge in [0.25, 0.3) is 0 Å². The van der Waals surface area contributed by atoms with E-state index in [1.165, 1.54) is 0 Å². The number of nitrogen functional groups attached to an aromatic ring is 1. The van der Waals surface area contributed by atoms with Crippen molar-refractivity contribution in [2.75, 3.05) is 11.1 Å². The molecular formula is C12H11N3O2S. The molecule has 0 saturated carbocycles. The van der Waals surface area contributed by atoms with Gasteiger partial charge in [0.2, 0.25) is 11.8 Å². The summed E-state index contributed by atoms with van der Waals surface area (Å²) in [6, 6.07) is 7.44. The van der Waals surface area contributed by atoms with Gasteiger partial charge in [0, 0.05) is 16.5 Å². The van der Waals surface area contributed by atoms with Crippen LogP contribution in [-0.4, -0.2) is 16.3 Å². The van der Waals surface area contributed by atoms with Gasteiger partial charge in [0.05, 0.1) is 10.9 Å². The molecule has 0 bridgehead atoms. The Balaban J connectivity index is 2.01. The average Bonchev–Trinajstić information content (AvgIpc) is 2.77. The molecule has 0 aliphatic carbocycles. The molecule has 1 aliphatic rings. The van der Waals surface area contributed by atoms with Gasteiger partial charge in [-0.2, -0.15) is 0 Å². The molecule has 92 valence electrons. The second-order valence-corrected chi connectivity index (χ2v) is 5.46. The normalized spacial score (nSPS) is 18.3. The molecule has 1 amide bonds. The lowest BCUT2D eigenvalue weighted by atomic mass is 10.1. The standard InChI is InChI=1S/C12H11N3O2S/c1-6-12(16)14-9-4-7(2-3-10(9)18-6)8-5-11(13)17-15-8/h2-6H,13H2,1H3,(H,14,16). The van der Waals surface area contributed by atoms with Gasteiger partial charge in [-0.25, -0.2) is 0 Å². The van der Waals surface area contributed by atoms with E-state index in [4.69, 9.17) is 10.3 Å². The predicted molar refractivity (Wildman–Crippen MR) is 70.3 cm³/mol. The zero-order chi connectivity index (χ0) is 12.7. The van der Waals surface area contributed by atoms with E-state index < -0.39 is 0 Å². The maximum atomic E-state index is 11.6. The van der Waals surface area contributed by atoms with Crippen LogP contribution in [0.1, 0.15) is 6.92 Å². The number of amides is 1. The van der Waals surface area contributed by atoms with Crippen molar-refractivity contribution in [2.24, 2.45) is 0 Å². The molecule has 3 N–H and O–H groups in total. The van der Waals surface area contributed by atoms with Crippen molar-refractivity contribution in [3.05, 3.63) is 24.3 Å². The highest BCUT2D eigenvalue weighted by molar-refractivity contribution is 8.00. The first-order valence-corrected chi connectivity index (χ1v) is 6.35. The van der Waals surface area contributed by atoms with Crippen LogP contribution in [-0.2, 0) is 4.79 Å². The summed E-state index contributed by atoms with van der Waals surface area (Å²) < 4.78 is 4.84. The molecule has 2 heterocycles. The van der Waals surface area contributed by atoms with Crippen LogP contribution >= 0.6 is 11.8 Å². The lowest BCUT2D eigenvalue weighted by Gasteiger charge is -2.21. The third-order valence-electron chi connectivity index (χ3n) is 2.73. The molecule has 1 unspecified atom stereocenters. The molecule has 0 saturated heterocycles. The summed E-state index contributed by atoms with van der Waals surface area (Å²) in [6.45, 7) is 1.88. The second kappa shape index (κ2) is 4.06. The van der Waals surface area contributed by atoms with E-state index in [0.717, 1.165) is 16.1 Å². The highest BCUT2D eigenvalue weighted by Gasteiger charge is 2.23. The van der Waals surface area contributed by atoms with Gasteiger partial charge in [-0.15, -0.1) is 11.8 Å². The van der Waals surface area contributed by atoms with Crippen LogP contribution in [0.4, 0.5) is 11.6 Å². The highest BCUT2D eigenvalue weighted by atomic mass is 32.2. The molecule has 1 atom stereocenters. The minimum absolute atomic E-state index is 0.0179. The summed E-state index contributed by atoms with van der Waals surface area (Å²) in [5.74, 6) is 0.291. The number of rotatable bonds is 1. The Kier molecular flexibility index (Phi) is 2.52. The van der Waals surface area contributed by atoms with Crippen molar-refractivity contribution < 1.29 is 9.32 Å². The first kappa shape index (κ1) is 11.2. The molecule has 18 heavy (non-hydrogen) atoms. The molecule has 3 rings (SSSR count). The third kappa shape index (κ3) is 1.84. The number of fused-ring (bicyclic) bond motifs is 1. The number of thioether (sulfide) groups is 1. The maximum Gasteiger partial charge on any atom is 0.237 e. The summed E-state index contributed by atoms with van der Waals surface area (Å²) in [5.41, 5.74) is 7.82. The zero-order valence-corrected chi connectivity index (χ0v) is 10.5. The number of hydrogen-bond acceptors (Lipinski definition) is 5. The minimum atomic E-state index is -0.0638. The van der Waals surface area contributed by atoms with Crippen molar-refractivity contribution in [1.29, 1.82) is 0 Å². The number of nitrogens with zero attached hydrogens (tertiary/aromatic N) is 1.